The number of nitrogens with one attached hydrogen (secondary N) is 2. The molecule has 9 heteroatoms. The molecule has 0 spiro atoms. The number of likely N-dealkylation sites (N-methyl/N-ethyl adjacent to an activating group) is 1. The van der Waals surface area contributed by atoms with Crippen molar-refractivity contribution >= 4 is 45.7 Å². The van der Waals surface area contributed by atoms with Crippen molar-refractivity contribution in [3.8, 4) is 0 Å². The lowest BCUT2D eigenvalue weighted by atomic mass is 10.2. The molecule has 1 fully saturated rings. The Morgan fingerprint density at radius 3 is 2.70 bits per heavy atom. The number of hydrogen-bond donors (Lipinski definition) is 2. The lowest BCUT2D eigenvalue weighted by Crippen LogP contribution is -2.48. The van der Waals surface area contributed by atoms with E-state index >= 15 is 0 Å². The summed E-state index contributed by atoms with van der Waals surface area (Å²) in [6.45, 7) is 4.97. The fourth-order valence-corrected chi connectivity index (χ4v) is 3.60. The van der Waals surface area contributed by atoms with Crippen LogP contribution in [0.15, 0.2) is 23.6 Å². The minimum Gasteiger partial charge on any atom is -0.325 e. The molecule has 2 heterocycles. The molecule has 7 nitrogen and oxygen atoms in total. The van der Waals surface area contributed by atoms with Crippen LogP contribution in [-0.2, 0) is 11.2 Å². The molecule has 0 atom stereocenters. The average molecular weight is 408 g/mol. The highest BCUT2D eigenvalue weighted by Gasteiger charge is 2.20. The zero-order valence-corrected chi connectivity index (χ0v) is 16.9. The van der Waals surface area contributed by atoms with Crippen LogP contribution in [0.4, 0.5) is 15.6 Å². The first-order chi connectivity index (χ1) is 12.9. The number of carbonyl (C=O) groups excluding carboxylic acids is 2. The third kappa shape index (κ3) is 5.18. The summed E-state index contributed by atoms with van der Waals surface area (Å²) < 4.78 is 0. The molecular formula is C18H22ClN5O2S. The molecule has 0 unspecified atom stereocenters. The van der Waals surface area contributed by atoms with E-state index in [9.17, 15) is 9.59 Å². The zero-order chi connectivity index (χ0) is 19.4. The van der Waals surface area contributed by atoms with Gasteiger partial charge in [0.1, 0.15) is 0 Å². The van der Waals surface area contributed by atoms with Gasteiger partial charge in [0.05, 0.1) is 12.1 Å². The lowest BCUT2D eigenvalue weighted by molar-refractivity contribution is -0.115. The molecule has 27 heavy (non-hydrogen) atoms. The standard InChI is InChI=1S/C18H22ClN5O2S/c1-12-14(19)4-3-5-15(12)21-16(25)10-13-11-27-17(20-13)22-18(26)24-8-6-23(2)7-9-24/h3-5,11H,6-10H2,1-2H3,(H,21,25)(H,20,22,26). The molecule has 0 bridgehead atoms. The first kappa shape index (κ1) is 19.6. The van der Waals surface area contributed by atoms with Crippen LogP contribution < -0.4 is 10.6 Å². The first-order valence-electron chi connectivity index (χ1n) is 8.66. The second kappa shape index (κ2) is 8.69. The van der Waals surface area contributed by atoms with E-state index in [-0.39, 0.29) is 18.4 Å². The maximum Gasteiger partial charge on any atom is 0.323 e. The molecule has 1 aromatic carbocycles. The number of rotatable bonds is 4. The van der Waals surface area contributed by atoms with E-state index in [1.54, 1.807) is 22.4 Å². The summed E-state index contributed by atoms with van der Waals surface area (Å²) in [5.74, 6) is -0.178. The first-order valence-corrected chi connectivity index (χ1v) is 9.92. The molecule has 1 saturated heterocycles. The summed E-state index contributed by atoms with van der Waals surface area (Å²) in [4.78, 5) is 32.9. The second-order valence-electron chi connectivity index (χ2n) is 6.50. The van der Waals surface area contributed by atoms with Gasteiger partial charge < -0.3 is 15.1 Å². The summed E-state index contributed by atoms with van der Waals surface area (Å²) in [6, 6.07) is 5.23. The number of amides is 3. The van der Waals surface area contributed by atoms with Crippen molar-refractivity contribution in [2.75, 3.05) is 43.9 Å². The molecule has 1 aromatic heterocycles. The van der Waals surface area contributed by atoms with Crippen LogP contribution in [0.5, 0.6) is 0 Å². The van der Waals surface area contributed by atoms with E-state index in [1.165, 1.54) is 11.3 Å². The van der Waals surface area contributed by atoms with Gasteiger partial charge in [0.25, 0.3) is 0 Å². The van der Waals surface area contributed by atoms with E-state index in [4.69, 9.17) is 11.6 Å². The Bertz CT molecular complexity index is 833. The Labute approximate surface area is 167 Å². The highest BCUT2D eigenvalue weighted by Crippen LogP contribution is 2.23. The number of hydrogen-bond acceptors (Lipinski definition) is 5. The van der Waals surface area contributed by atoms with Gasteiger partial charge in [-0.3, -0.25) is 10.1 Å². The number of halogens is 1. The van der Waals surface area contributed by atoms with E-state index < -0.39 is 0 Å². The third-order valence-electron chi connectivity index (χ3n) is 4.44. The van der Waals surface area contributed by atoms with Crippen LogP contribution in [-0.4, -0.2) is 59.9 Å². The van der Waals surface area contributed by atoms with Gasteiger partial charge in [-0.1, -0.05) is 17.7 Å². The normalized spacial score (nSPS) is 14.9. The quantitative estimate of drug-likeness (QED) is 0.816. The SMILES string of the molecule is Cc1c(Cl)cccc1NC(=O)Cc1csc(NC(=O)N2CCN(C)CC2)n1. The number of carbonyl (C=O) groups is 2. The number of anilines is 2. The van der Waals surface area contributed by atoms with Crippen LogP contribution in [0, 0.1) is 6.92 Å². The molecule has 0 saturated carbocycles. The monoisotopic (exact) mass is 407 g/mol. The van der Waals surface area contributed by atoms with Crippen LogP contribution in [0.2, 0.25) is 5.02 Å². The summed E-state index contributed by atoms with van der Waals surface area (Å²) in [5, 5.41) is 8.55. The summed E-state index contributed by atoms with van der Waals surface area (Å²) >= 11 is 7.39. The van der Waals surface area contributed by atoms with Crippen LogP contribution in [0.1, 0.15) is 11.3 Å². The van der Waals surface area contributed by atoms with Crippen molar-refractivity contribution in [2.24, 2.45) is 0 Å². The van der Waals surface area contributed by atoms with Crippen molar-refractivity contribution in [2.45, 2.75) is 13.3 Å². The van der Waals surface area contributed by atoms with Crippen molar-refractivity contribution in [3.63, 3.8) is 0 Å². The van der Waals surface area contributed by atoms with Gasteiger partial charge in [0.15, 0.2) is 5.13 Å². The Morgan fingerprint density at radius 1 is 1.22 bits per heavy atom. The maximum atomic E-state index is 12.3. The molecule has 2 aromatic rings. The molecule has 3 rings (SSSR count). The van der Waals surface area contributed by atoms with E-state index in [0.717, 1.165) is 18.7 Å². The number of urea groups is 1. The number of nitrogens with zero attached hydrogens (tertiary/aromatic N) is 3. The predicted octanol–water partition coefficient (Wildman–Crippen LogP) is 3.07. The smallest absolute Gasteiger partial charge is 0.323 e. The second-order valence-corrected chi connectivity index (χ2v) is 7.77. The predicted molar refractivity (Wildman–Crippen MR) is 109 cm³/mol. The molecule has 144 valence electrons. The van der Waals surface area contributed by atoms with Crippen LogP contribution >= 0.6 is 22.9 Å². The minimum absolute atomic E-state index is 0.132. The molecule has 2 N–H and O–H groups in total. The molecule has 1 aliphatic heterocycles. The van der Waals surface area contributed by atoms with Gasteiger partial charge >= 0.3 is 6.03 Å². The van der Waals surface area contributed by atoms with Gasteiger partial charge in [-0.05, 0) is 31.7 Å². The highest BCUT2D eigenvalue weighted by atomic mass is 35.5. The number of benzene rings is 1. The van der Waals surface area contributed by atoms with Crippen molar-refractivity contribution in [1.29, 1.82) is 0 Å². The largest absolute Gasteiger partial charge is 0.325 e. The number of piperazine rings is 1. The van der Waals surface area contributed by atoms with Crippen molar-refractivity contribution in [1.82, 2.24) is 14.8 Å². The Kier molecular flexibility index (Phi) is 6.30. The van der Waals surface area contributed by atoms with Crippen molar-refractivity contribution < 1.29 is 9.59 Å². The van der Waals surface area contributed by atoms with E-state index in [0.29, 0.717) is 34.6 Å². The van der Waals surface area contributed by atoms with Gasteiger partial charge in [-0.15, -0.1) is 11.3 Å². The maximum absolute atomic E-state index is 12.3. The van der Waals surface area contributed by atoms with E-state index in [2.05, 4.69) is 20.5 Å². The molecular weight excluding hydrogens is 386 g/mol. The van der Waals surface area contributed by atoms with Crippen LogP contribution in [0.3, 0.4) is 0 Å². The Hall–Kier alpha value is -2.16. The summed E-state index contributed by atoms with van der Waals surface area (Å²) in [5.41, 5.74) is 2.13. The molecule has 0 aliphatic carbocycles. The van der Waals surface area contributed by atoms with Crippen LogP contribution in [0.25, 0.3) is 0 Å². The number of thiazole rings is 1. The molecule has 1 aliphatic rings. The highest BCUT2D eigenvalue weighted by molar-refractivity contribution is 7.13. The topological polar surface area (TPSA) is 77.6 Å². The minimum atomic E-state index is -0.178. The van der Waals surface area contributed by atoms with Gasteiger partial charge in [-0.25, -0.2) is 9.78 Å². The zero-order valence-electron chi connectivity index (χ0n) is 15.3. The molecule has 0 radical (unpaired) electrons. The fourth-order valence-electron chi connectivity index (χ4n) is 2.73. The third-order valence-corrected chi connectivity index (χ3v) is 5.66. The average Bonchev–Trinajstić information content (AvgIpc) is 3.06. The van der Waals surface area contributed by atoms with Gasteiger partial charge in [0, 0.05) is 42.3 Å². The van der Waals surface area contributed by atoms with Gasteiger partial charge in [0.2, 0.25) is 5.91 Å². The van der Waals surface area contributed by atoms with Crippen molar-refractivity contribution in [3.05, 3.63) is 39.9 Å². The number of aromatic nitrogens is 1. The van der Waals surface area contributed by atoms with Gasteiger partial charge in [-0.2, -0.15) is 0 Å². The van der Waals surface area contributed by atoms with E-state index in [1.807, 2.05) is 20.0 Å². The fraction of sp³-hybridized carbons (Fsp3) is 0.389. The lowest BCUT2D eigenvalue weighted by Gasteiger charge is -2.32. The summed E-state index contributed by atoms with van der Waals surface area (Å²) in [7, 11) is 2.04. The Balaban J connectivity index is 1.53. The molecule has 3 amide bonds. The Morgan fingerprint density at radius 2 is 1.96 bits per heavy atom. The summed E-state index contributed by atoms with van der Waals surface area (Å²) in [6.07, 6.45) is 0.132.